The van der Waals surface area contributed by atoms with E-state index in [4.69, 9.17) is 9.47 Å². The van der Waals surface area contributed by atoms with Crippen LogP contribution in [0.2, 0.25) is 0 Å². The minimum absolute atomic E-state index is 0.0410. The van der Waals surface area contributed by atoms with E-state index in [1.807, 2.05) is 6.07 Å². The number of hydrogen-bond donors (Lipinski definition) is 0. The molecular weight excluding hydrogens is 348 g/mol. The molecule has 140 valence electrons. The fourth-order valence-corrected chi connectivity index (χ4v) is 3.10. The lowest BCUT2D eigenvalue weighted by Crippen LogP contribution is -2.27. The van der Waals surface area contributed by atoms with E-state index in [1.54, 1.807) is 46.4 Å². The van der Waals surface area contributed by atoms with Crippen molar-refractivity contribution in [3.05, 3.63) is 60.0 Å². The summed E-state index contributed by atoms with van der Waals surface area (Å²) >= 11 is 0. The lowest BCUT2D eigenvalue weighted by molar-refractivity contribution is -0.139. The Hall–Kier alpha value is -3.35. The summed E-state index contributed by atoms with van der Waals surface area (Å²) in [5.41, 5.74) is 1.48. The van der Waals surface area contributed by atoms with E-state index in [1.165, 1.54) is 20.3 Å². The lowest BCUT2D eigenvalue weighted by atomic mass is 10.1. The zero-order valence-electron chi connectivity index (χ0n) is 15.2. The van der Waals surface area contributed by atoms with Crippen LogP contribution in [0.4, 0.5) is 11.4 Å². The van der Waals surface area contributed by atoms with Crippen molar-refractivity contribution < 1.29 is 23.9 Å². The van der Waals surface area contributed by atoms with E-state index in [-0.39, 0.29) is 17.2 Å². The normalized spacial score (nSPS) is 16.6. The number of rotatable bonds is 4. The Balaban J connectivity index is 2.09. The summed E-state index contributed by atoms with van der Waals surface area (Å²) in [4.78, 5) is 40.0. The minimum atomic E-state index is -0.672. The van der Waals surface area contributed by atoms with Crippen LogP contribution in [0.15, 0.2) is 60.0 Å². The maximum Gasteiger partial charge on any atom is 0.355 e. The van der Waals surface area contributed by atoms with Gasteiger partial charge in [0.15, 0.2) is 0 Å². The van der Waals surface area contributed by atoms with E-state index in [2.05, 4.69) is 0 Å². The summed E-state index contributed by atoms with van der Waals surface area (Å²) in [7, 11) is 2.50. The summed E-state index contributed by atoms with van der Waals surface area (Å²) in [6, 6.07) is 7.23. The van der Waals surface area contributed by atoms with Crippen LogP contribution >= 0.6 is 0 Å². The largest absolute Gasteiger partial charge is 0.465 e. The van der Waals surface area contributed by atoms with Gasteiger partial charge in [-0.15, -0.1) is 0 Å². The van der Waals surface area contributed by atoms with Gasteiger partial charge in [-0.2, -0.15) is 0 Å². The van der Waals surface area contributed by atoms with Crippen LogP contribution in [-0.4, -0.2) is 38.6 Å². The highest BCUT2D eigenvalue weighted by atomic mass is 16.5. The topological polar surface area (TPSA) is 76.2 Å². The smallest absolute Gasteiger partial charge is 0.355 e. The van der Waals surface area contributed by atoms with Crippen molar-refractivity contribution >= 4 is 29.2 Å². The molecule has 2 aliphatic rings. The molecule has 0 unspecified atom stereocenters. The highest BCUT2D eigenvalue weighted by Gasteiger charge is 2.28. The Morgan fingerprint density at radius 3 is 2.44 bits per heavy atom. The van der Waals surface area contributed by atoms with Crippen molar-refractivity contribution in [2.45, 2.75) is 12.8 Å². The molecule has 1 aromatic rings. The Bertz CT molecular complexity index is 869. The van der Waals surface area contributed by atoms with Gasteiger partial charge in [0.25, 0.3) is 0 Å². The van der Waals surface area contributed by atoms with Crippen molar-refractivity contribution in [1.29, 1.82) is 0 Å². The van der Waals surface area contributed by atoms with Gasteiger partial charge in [0.1, 0.15) is 5.70 Å². The van der Waals surface area contributed by atoms with Crippen molar-refractivity contribution in [2.75, 3.05) is 30.6 Å². The van der Waals surface area contributed by atoms with Crippen LogP contribution in [0.5, 0.6) is 0 Å². The van der Waals surface area contributed by atoms with Crippen molar-refractivity contribution in [3.8, 4) is 0 Å². The standard InChI is InChI=1S/C20H20N2O5/c1-26-19(24)16-9-3-4-11-22(18(16)20(25)27-2)15-8-5-7-14(13-15)21-12-6-10-17(21)23/h3-5,7-9,11,13H,6,10,12H2,1-2H3. The third kappa shape index (κ3) is 3.62. The number of allylic oxidation sites excluding steroid dienone is 2. The number of benzene rings is 1. The molecule has 0 bridgehead atoms. The molecule has 2 aliphatic heterocycles. The maximum atomic E-state index is 12.5. The van der Waals surface area contributed by atoms with Crippen LogP contribution in [-0.2, 0) is 23.9 Å². The molecule has 7 heteroatoms. The van der Waals surface area contributed by atoms with Crippen LogP contribution in [0.25, 0.3) is 0 Å². The van der Waals surface area contributed by atoms with Gasteiger partial charge in [-0.05, 0) is 36.8 Å². The molecule has 27 heavy (non-hydrogen) atoms. The number of methoxy groups -OCH3 is 2. The fourth-order valence-electron chi connectivity index (χ4n) is 3.10. The van der Waals surface area contributed by atoms with Gasteiger partial charge >= 0.3 is 11.9 Å². The number of ether oxygens (including phenoxy) is 2. The number of esters is 2. The average molecular weight is 368 g/mol. The van der Waals surface area contributed by atoms with Gasteiger partial charge in [-0.1, -0.05) is 12.1 Å². The second-order valence-corrected chi connectivity index (χ2v) is 5.98. The molecule has 0 saturated carbocycles. The summed E-state index contributed by atoms with van der Waals surface area (Å²) in [6.45, 7) is 0.660. The quantitative estimate of drug-likeness (QED) is 0.759. The second-order valence-electron chi connectivity index (χ2n) is 5.98. The zero-order chi connectivity index (χ0) is 19.4. The van der Waals surface area contributed by atoms with E-state index >= 15 is 0 Å². The van der Waals surface area contributed by atoms with Crippen molar-refractivity contribution in [1.82, 2.24) is 0 Å². The first-order chi connectivity index (χ1) is 13.1. The summed E-state index contributed by atoms with van der Waals surface area (Å²) in [5, 5.41) is 0. The Labute approximate surface area is 157 Å². The first-order valence-electron chi connectivity index (χ1n) is 8.52. The van der Waals surface area contributed by atoms with E-state index in [9.17, 15) is 14.4 Å². The molecule has 0 N–H and O–H groups in total. The molecule has 7 nitrogen and oxygen atoms in total. The summed E-state index contributed by atoms with van der Waals surface area (Å²) < 4.78 is 9.70. The molecule has 1 aromatic carbocycles. The number of carbonyl (C=O) groups excluding carboxylic acids is 3. The molecule has 0 radical (unpaired) electrons. The van der Waals surface area contributed by atoms with Gasteiger partial charge in [0, 0.05) is 30.5 Å². The predicted molar refractivity (Wildman–Crippen MR) is 99.8 cm³/mol. The third-order valence-electron chi connectivity index (χ3n) is 4.38. The molecular formula is C20H20N2O5. The fraction of sp³-hybridized carbons (Fsp3) is 0.250. The number of nitrogens with zero attached hydrogens (tertiary/aromatic N) is 2. The molecule has 0 atom stereocenters. The van der Waals surface area contributed by atoms with E-state index in [0.717, 1.165) is 12.1 Å². The summed E-state index contributed by atoms with van der Waals surface area (Å²) in [5.74, 6) is -1.25. The maximum absolute atomic E-state index is 12.5. The van der Waals surface area contributed by atoms with E-state index < -0.39 is 11.9 Å². The molecule has 0 aromatic heterocycles. The number of anilines is 2. The van der Waals surface area contributed by atoms with E-state index in [0.29, 0.717) is 18.7 Å². The van der Waals surface area contributed by atoms with Crippen LogP contribution in [0, 0.1) is 0 Å². The first kappa shape index (κ1) is 18.4. The predicted octanol–water partition coefficient (Wildman–Crippen LogP) is 2.30. The molecule has 3 rings (SSSR count). The Kier molecular flexibility index (Phi) is 5.40. The zero-order valence-corrected chi connectivity index (χ0v) is 15.2. The van der Waals surface area contributed by atoms with Gasteiger partial charge in [0.2, 0.25) is 5.91 Å². The highest BCUT2D eigenvalue weighted by molar-refractivity contribution is 6.05. The molecule has 1 fully saturated rings. The van der Waals surface area contributed by atoms with Crippen LogP contribution in [0.1, 0.15) is 12.8 Å². The Morgan fingerprint density at radius 1 is 1.04 bits per heavy atom. The molecule has 0 aliphatic carbocycles. The van der Waals surface area contributed by atoms with Gasteiger partial charge in [-0.3, -0.25) is 4.79 Å². The highest BCUT2D eigenvalue weighted by Crippen LogP contribution is 2.30. The minimum Gasteiger partial charge on any atom is -0.465 e. The van der Waals surface area contributed by atoms with Crippen LogP contribution < -0.4 is 9.80 Å². The summed E-state index contributed by atoms with van der Waals surface area (Å²) in [6.07, 6.45) is 7.84. The second kappa shape index (κ2) is 7.90. The molecule has 2 heterocycles. The van der Waals surface area contributed by atoms with Crippen molar-refractivity contribution in [3.63, 3.8) is 0 Å². The van der Waals surface area contributed by atoms with Gasteiger partial charge < -0.3 is 19.3 Å². The Morgan fingerprint density at radius 2 is 1.78 bits per heavy atom. The number of amides is 1. The third-order valence-corrected chi connectivity index (χ3v) is 4.38. The molecule has 1 saturated heterocycles. The van der Waals surface area contributed by atoms with Crippen molar-refractivity contribution in [2.24, 2.45) is 0 Å². The van der Waals surface area contributed by atoms with Gasteiger partial charge in [-0.25, -0.2) is 9.59 Å². The SMILES string of the molecule is COC(=O)C1=C(C(=O)OC)N(c2cccc(N3CCCC3=O)c2)C=CC=C1. The number of hydrogen-bond acceptors (Lipinski definition) is 6. The first-order valence-corrected chi connectivity index (χ1v) is 8.52. The van der Waals surface area contributed by atoms with Gasteiger partial charge in [0.05, 0.1) is 19.8 Å². The number of carbonyl (C=O) groups is 3. The molecule has 1 amide bonds. The molecule has 0 spiro atoms. The monoisotopic (exact) mass is 368 g/mol. The van der Waals surface area contributed by atoms with Crippen LogP contribution in [0.3, 0.4) is 0 Å². The average Bonchev–Trinajstić information content (AvgIpc) is 3.00. The lowest BCUT2D eigenvalue weighted by Gasteiger charge is -2.25.